The molecule has 7 nitrogen and oxygen atoms in total. The standard InChI is InChI=1S/C21H28N4O3/c1-5-23-20(26)17-9-6-15(7-10-17)13-24-21(22-2)25-14-16-8-11-18(27-3)19(12-16)28-4/h6-12H,5,13-14H2,1-4H3,(H,23,26)(H2,22,24,25). The van der Waals surface area contributed by atoms with Gasteiger partial charge in [0.05, 0.1) is 14.2 Å². The number of carbonyl (C=O) groups excluding carboxylic acids is 1. The fourth-order valence-corrected chi connectivity index (χ4v) is 2.62. The van der Waals surface area contributed by atoms with Gasteiger partial charge >= 0.3 is 0 Å². The van der Waals surface area contributed by atoms with Gasteiger partial charge in [-0.2, -0.15) is 0 Å². The summed E-state index contributed by atoms with van der Waals surface area (Å²) < 4.78 is 10.6. The van der Waals surface area contributed by atoms with Crippen molar-refractivity contribution < 1.29 is 14.3 Å². The molecular weight excluding hydrogens is 356 g/mol. The average Bonchev–Trinajstić information content (AvgIpc) is 2.74. The second-order valence-electron chi connectivity index (χ2n) is 6.03. The van der Waals surface area contributed by atoms with Gasteiger partial charge in [0, 0.05) is 32.2 Å². The van der Waals surface area contributed by atoms with Crippen molar-refractivity contribution in [1.29, 1.82) is 0 Å². The van der Waals surface area contributed by atoms with Gasteiger partial charge < -0.3 is 25.4 Å². The summed E-state index contributed by atoms with van der Waals surface area (Å²) in [5, 5.41) is 9.32. The zero-order valence-electron chi connectivity index (χ0n) is 16.8. The van der Waals surface area contributed by atoms with Crippen molar-refractivity contribution in [3.63, 3.8) is 0 Å². The molecule has 1 amide bonds. The number of guanidine groups is 1. The summed E-state index contributed by atoms with van der Waals surface area (Å²) in [6.45, 7) is 3.71. The van der Waals surface area contributed by atoms with Crippen LogP contribution in [0.15, 0.2) is 47.5 Å². The first kappa shape index (κ1) is 21.1. The van der Waals surface area contributed by atoms with E-state index in [2.05, 4.69) is 20.9 Å². The Kier molecular flexibility index (Phi) is 8.14. The first-order valence-corrected chi connectivity index (χ1v) is 9.13. The first-order valence-electron chi connectivity index (χ1n) is 9.13. The second kappa shape index (κ2) is 10.8. The number of rotatable bonds is 8. The van der Waals surface area contributed by atoms with Crippen LogP contribution in [-0.4, -0.2) is 39.7 Å². The van der Waals surface area contributed by atoms with Crippen molar-refractivity contribution in [2.75, 3.05) is 27.8 Å². The van der Waals surface area contributed by atoms with Crippen LogP contribution in [0.25, 0.3) is 0 Å². The average molecular weight is 384 g/mol. The Morgan fingerprint density at radius 2 is 1.50 bits per heavy atom. The van der Waals surface area contributed by atoms with E-state index in [1.807, 2.05) is 49.4 Å². The van der Waals surface area contributed by atoms with Crippen LogP contribution in [-0.2, 0) is 13.1 Å². The molecule has 0 heterocycles. The topological polar surface area (TPSA) is 84.0 Å². The number of benzene rings is 2. The van der Waals surface area contributed by atoms with Crippen molar-refractivity contribution in [2.45, 2.75) is 20.0 Å². The fraction of sp³-hybridized carbons (Fsp3) is 0.333. The Labute approximate surface area is 166 Å². The van der Waals surface area contributed by atoms with E-state index in [9.17, 15) is 4.79 Å². The fourth-order valence-electron chi connectivity index (χ4n) is 2.62. The van der Waals surface area contributed by atoms with Gasteiger partial charge in [-0.25, -0.2) is 0 Å². The normalized spacial score (nSPS) is 10.9. The number of carbonyl (C=O) groups is 1. The van der Waals surface area contributed by atoms with Crippen LogP contribution in [0, 0.1) is 0 Å². The molecule has 0 radical (unpaired) electrons. The lowest BCUT2D eigenvalue weighted by molar-refractivity contribution is 0.0956. The molecule has 28 heavy (non-hydrogen) atoms. The van der Waals surface area contributed by atoms with Gasteiger partial charge in [-0.3, -0.25) is 9.79 Å². The van der Waals surface area contributed by atoms with Gasteiger partial charge in [0.25, 0.3) is 5.91 Å². The minimum atomic E-state index is -0.0607. The molecular formula is C21H28N4O3. The highest BCUT2D eigenvalue weighted by Crippen LogP contribution is 2.27. The van der Waals surface area contributed by atoms with E-state index >= 15 is 0 Å². The molecule has 2 aromatic rings. The van der Waals surface area contributed by atoms with Gasteiger partial charge in [0.15, 0.2) is 17.5 Å². The minimum absolute atomic E-state index is 0.0607. The Morgan fingerprint density at radius 3 is 2.07 bits per heavy atom. The van der Waals surface area contributed by atoms with Crippen LogP contribution in [0.2, 0.25) is 0 Å². The summed E-state index contributed by atoms with van der Waals surface area (Å²) >= 11 is 0. The summed E-state index contributed by atoms with van der Waals surface area (Å²) in [6, 6.07) is 13.3. The van der Waals surface area contributed by atoms with Gasteiger partial charge in [-0.1, -0.05) is 18.2 Å². The molecule has 3 N–H and O–H groups in total. The Bertz CT molecular complexity index is 804. The third-order valence-electron chi connectivity index (χ3n) is 4.14. The predicted molar refractivity (Wildman–Crippen MR) is 111 cm³/mol. The quantitative estimate of drug-likeness (QED) is 0.481. The molecule has 0 atom stereocenters. The highest BCUT2D eigenvalue weighted by Gasteiger charge is 2.06. The van der Waals surface area contributed by atoms with Crippen LogP contribution >= 0.6 is 0 Å². The molecule has 0 aliphatic heterocycles. The maximum Gasteiger partial charge on any atom is 0.251 e. The third kappa shape index (κ3) is 5.90. The molecule has 0 aromatic heterocycles. The lowest BCUT2D eigenvalue weighted by Gasteiger charge is -2.14. The minimum Gasteiger partial charge on any atom is -0.493 e. The van der Waals surface area contributed by atoms with E-state index in [1.54, 1.807) is 21.3 Å². The van der Waals surface area contributed by atoms with Crippen molar-refractivity contribution in [2.24, 2.45) is 4.99 Å². The first-order chi connectivity index (χ1) is 13.6. The molecule has 0 bridgehead atoms. The van der Waals surface area contributed by atoms with Crippen LogP contribution < -0.4 is 25.4 Å². The molecule has 0 saturated carbocycles. The number of ether oxygens (including phenoxy) is 2. The van der Waals surface area contributed by atoms with E-state index in [0.29, 0.717) is 42.7 Å². The molecule has 150 valence electrons. The van der Waals surface area contributed by atoms with Gasteiger partial charge in [0.2, 0.25) is 0 Å². The van der Waals surface area contributed by atoms with E-state index in [0.717, 1.165) is 11.1 Å². The molecule has 2 rings (SSSR count). The Hall–Kier alpha value is -3.22. The Morgan fingerprint density at radius 1 is 0.893 bits per heavy atom. The molecule has 7 heteroatoms. The lowest BCUT2D eigenvalue weighted by Crippen LogP contribution is -2.36. The lowest BCUT2D eigenvalue weighted by atomic mass is 10.1. The number of nitrogens with zero attached hydrogens (tertiary/aromatic N) is 1. The molecule has 0 unspecified atom stereocenters. The monoisotopic (exact) mass is 384 g/mol. The van der Waals surface area contributed by atoms with Crippen molar-refractivity contribution in [3.8, 4) is 11.5 Å². The molecule has 0 aliphatic rings. The van der Waals surface area contributed by atoms with Crippen LogP contribution in [0.1, 0.15) is 28.4 Å². The van der Waals surface area contributed by atoms with Crippen LogP contribution in [0.3, 0.4) is 0 Å². The maximum absolute atomic E-state index is 11.8. The maximum atomic E-state index is 11.8. The number of amides is 1. The number of aliphatic imine (C=N–C) groups is 1. The Balaban J connectivity index is 1.88. The van der Waals surface area contributed by atoms with Gasteiger partial charge in [-0.15, -0.1) is 0 Å². The van der Waals surface area contributed by atoms with Crippen molar-refractivity contribution >= 4 is 11.9 Å². The second-order valence-corrected chi connectivity index (χ2v) is 6.03. The summed E-state index contributed by atoms with van der Waals surface area (Å²) in [7, 11) is 4.96. The predicted octanol–water partition coefficient (Wildman–Crippen LogP) is 2.32. The van der Waals surface area contributed by atoms with Crippen LogP contribution in [0.4, 0.5) is 0 Å². The van der Waals surface area contributed by atoms with E-state index < -0.39 is 0 Å². The van der Waals surface area contributed by atoms with Crippen LogP contribution in [0.5, 0.6) is 11.5 Å². The highest BCUT2D eigenvalue weighted by molar-refractivity contribution is 5.94. The number of hydrogen-bond acceptors (Lipinski definition) is 4. The van der Waals surface area contributed by atoms with Crippen molar-refractivity contribution in [1.82, 2.24) is 16.0 Å². The largest absolute Gasteiger partial charge is 0.493 e. The summed E-state index contributed by atoms with van der Waals surface area (Å²) in [6.07, 6.45) is 0. The van der Waals surface area contributed by atoms with Crippen molar-refractivity contribution in [3.05, 3.63) is 59.2 Å². The smallest absolute Gasteiger partial charge is 0.251 e. The molecule has 2 aromatic carbocycles. The van der Waals surface area contributed by atoms with Gasteiger partial charge in [0.1, 0.15) is 0 Å². The molecule has 0 aliphatic carbocycles. The zero-order valence-corrected chi connectivity index (χ0v) is 16.8. The molecule has 0 saturated heterocycles. The number of methoxy groups -OCH3 is 2. The van der Waals surface area contributed by atoms with E-state index in [4.69, 9.17) is 9.47 Å². The third-order valence-corrected chi connectivity index (χ3v) is 4.14. The summed E-state index contributed by atoms with van der Waals surface area (Å²) in [5.74, 6) is 2.01. The summed E-state index contributed by atoms with van der Waals surface area (Å²) in [5.41, 5.74) is 2.76. The number of hydrogen-bond donors (Lipinski definition) is 3. The van der Waals surface area contributed by atoms with Gasteiger partial charge in [-0.05, 0) is 42.3 Å². The van der Waals surface area contributed by atoms with E-state index in [-0.39, 0.29) is 5.91 Å². The highest BCUT2D eigenvalue weighted by atomic mass is 16.5. The SMILES string of the molecule is CCNC(=O)c1ccc(CNC(=NC)NCc2ccc(OC)c(OC)c2)cc1. The molecule has 0 fully saturated rings. The van der Waals surface area contributed by atoms with E-state index in [1.165, 1.54) is 0 Å². The zero-order chi connectivity index (χ0) is 20.4. The molecule has 0 spiro atoms. The summed E-state index contributed by atoms with van der Waals surface area (Å²) in [4.78, 5) is 16.0. The number of nitrogens with one attached hydrogen (secondary N) is 3.